The number of methoxy groups -OCH3 is 1. The summed E-state index contributed by atoms with van der Waals surface area (Å²) in [6.45, 7) is 2.66. The monoisotopic (exact) mass is 487 g/mol. The molecule has 1 aromatic rings. The highest BCUT2D eigenvalue weighted by Gasteiger charge is 2.40. The van der Waals surface area contributed by atoms with Gasteiger partial charge in [0.15, 0.2) is 11.5 Å². The van der Waals surface area contributed by atoms with Crippen molar-refractivity contribution < 1.29 is 19.4 Å². The van der Waals surface area contributed by atoms with Crippen LogP contribution in [0.2, 0.25) is 0 Å². The van der Waals surface area contributed by atoms with Crippen molar-refractivity contribution in [2.45, 2.75) is 39.0 Å². The van der Waals surface area contributed by atoms with Gasteiger partial charge >= 0.3 is 0 Å². The molecule has 1 saturated carbocycles. The highest BCUT2D eigenvalue weighted by atomic mass is 127. The van der Waals surface area contributed by atoms with Gasteiger partial charge in [0, 0.05) is 6.54 Å². The Hall–Kier alpha value is -1.22. The largest absolute Gasteiger partial charge is 0.504 e. The molecule has 7 heteroatoms. The van der Waals surface area contributed by atoms with Crippen molar-refractivity contribution >= 4 is 51.6 Å². The van der Waals surface area contributed by atoms with Crippen LogP contribution in [0.1, 0.15) is 44.6 Å². The van der Waals surface area contributed by atoms with Gasteiger partial charge in [-0.15, -0.1) is 0 Å². The molecule has 26 heavy (non-hydrogen) atoms. The second kappa shape index (κ2) is 7.80. The van der Waals surface area contributed by atoms with E-state index in [-0.39, 0.29) is 22.3 Å². The van der Waals surface area contributed by atoms with E-state index in [0.29, 0.717) is 20.8 Å². The second-order valence-corrected chi connectivity index (χ2v) is 9.35. The molecule has 0 spiro atoms. The highest BCUT2D eigenvalue weighted by Crippen LogP contribution is 2.41. The molecule has 2 aliphatic rings. The minimum absolute atomic E-state index is 0.0245. The standard InChI is InChI=1S/C19H22INO4S/c1-19(6-4-3-5-7-19)11-21-17(23)15(26-18(21)24)10-12-8-13(20)16(22)14(9-12)25-2/h8-10,22H,3-7,11H2,1-2H3. The lowest BCUT2D eigenvalue weighted by Gasteiger charge is -2.35. The minimum Gasteiger partial charge on any atom is -0.504 e. The number of imide groups is 1. The van der Waals surface area contributed by atoms with Crippen LogP contribution in [0.3, 0.4) is 0 Å². The van der Waals surface area contributed by atoms with Gasteiger partial charge in [-0.05, 0) is 76.4 Å². The fraction of sp³-hybridized carbons (Fsp3) is 0.474. The van der Waals surface area contributed by atoms with E-state index in [4.69, 9.17) is 4.74 Å². The summed E-state index contributed by atoms with van der Waals surface area (Å²) < 4.78 is 5.79. The molecule has 1 N–H and O–H groups in total. The fourth-order valence-electron chi connectivity index (χ4n) is 3.57. The molecule has 140 valence electrons. The van der Waals surface area contributed by atoms with Gasteiger partial charge in [-0.1, -0.05) is 26.2 Å². The molecule has 5 nitrogen and oxygen atoms in total. The first kappa shape index (κ1) is 19.5. The van der Waals surface area contributed by atoms with Crippen LogP contribution in [-0.2, 0) is 4.79 Å². The molecule has 1 aliphatic heterocycles. The fourth-order valence-corrected chi connectivity index (χ4v) is 5.03. The second-order valence-electron chi connectivity index (χ2n) is 7.19. The Labute approximate surface area is 171 Å². The van der Waals surface area contributed by atoms with Crippen LogP contribution in [0.4, 0.5) is 4.79 Å². The maximum absolute atomic E-state index is 12.8. The van der Waals surface area contributed by atoms with Gasteiger partial charge in [-0.25, -0.2) is 0 Å². The van der Waals surface area contributed by atoms with Crippen LogP contribution in [0, 0.1) is 8.99 Å². The number of phenols is 1. The van der Waals surface area contributed by atoms with E-state index in [1.54, 1.807) is 18.2 Å². The third-order valence-corrected chi connectivity index (χ3v) is 6.77. The van der Waals surface area contributed by atoms with E-state index in [1.807, 2.05) is 22.6 Å². The number of amides is 2. The predicted octanol–water partition coefficient (Wildman–Crippen LogP) is 5.01. The summed E-state index contributed by atoms with van der Waals surface area (Å²) in [5.74, 6) is 0.189. The number of thioether (sulfide) groups is 1. The Balaban J connectivity index is 1.82. The van der Waals surface area contributed by atoms with Crippen LogP contribution in [-0.4, -0.2) is 34.8 Å². The Bertz CT molecular complexity index is 771. The molecular weight excluding hydrogens is 465 g/mol. The van der Waals surface area contributed by atoms with Gasteiger partial charge < -0.3 is 9.84 Å². The molecule has 1 heterocycles. The average Bonchev–Trinajstić information content (AvgIpc) is 2.85. The molecule has 1 aromatic carbocycles. The SMILES string of the molecule is COc1cc(C=C2SC(=O)N(CC3(C)CCCCC3)C2=O)cc(I)c1O. The zero-order chi connectivity index (χ0) is 18.9. The number of carbonyl (C=O) groups is 2. The average molecular weight is 487 g/mol. The first-order valence-electron chi connectivity index (χ1n) is 8.65. The lowest BCUT2D eigenvalue weighted by molar-refractivity contribution is -0.124. The molecule has 0 atom stereocenters. The Morgan fingerprint density at radius 1 is 1.31 bits per heavy atom. The van der Waals surface area contributed by atoms with Crippen LogP contribution >= 0.6 is 34.4 Å². The first-order chi connectivity index (χ1) is 12.3. The van der Waals surface area contributed by atoms with Crippen molar-refractivity contribution in [3.05, 3.63) is 26.2 Å². The molecule has 3 rings (SSSR count). The van der Waals surface area contributed by atoms with E-state index in [1.165, 1.54) is 18.4 Å². The summed E-state index contributed by atoms with van der Waals surface area (Å²) in [7, 11) is 1.48. The lowest BCUT2D eigenvalue weighted by atomic mass is 9.75. The summed E-state index contributed by atoms with van der Waals surface area (Å²) in [5, 5.41) is 9.74. The van der Waals surface area contributed by atoms with Crippen molar-refractivity contribution in [2.24, 2.45) is 5.41 Å². The van der Waals surface area contributed by atoms with E-state index in [9.17, 15) is 14.7 Å². The summed E-state index contributed by atoms with van der Waals surface area (Å²) in [5.41, 5.74) is 0.745. The first-order valence-corrected chi connectivity index (χ1v) is 10.5. The number of phenolic OH excluding ortho intramolecular Hbond substituents is 1. The van der Waals surface area contributed by atoms with Gasteiger partial charge in [0.1, 0.15) is 0 Å². The molecule has 0 radical (unpaired) electrons. The summed E-state index contributed by atoms with van der Waals surface area (Å²) >= 11 is 2.99. The molecule has 2 amide bonds. The minimum atomic E-state index is -0.228. The number of ether oxygens (including phenoxy) is 1. The quantitative estimate of drug-likeness (QED) is 0.478. The van der Waals surface area contributed by atoms with E-state index < -0.39 is 0 Å². The van der Waals surface area contributed by atoms with Gasteiger partial charge in [-0.2, -0.15) is 0 Å². The summed E-state index contributed by atoms with van der Waals surface area (Å²) in [6.07, 6.45) is 7.36. The van der Waals surface area contributed by atoms with Gasteiger partial charge in [0.25, 0.3) is 11.1 Å². The van der Waals surface area contributed by atoms with Gasteiger partial charge in [0.05, 0.1) is 15.6 Å². The Morgan fingerprint density at radius 2 is 2.00 bits per heavy atom. The van der Waals surface area contributed by atoms with E-state index >= 15 is 0 Å². The number of rotatable bonds is 4. The molecule has 1 saturated heterocycles. The van der Waals surface area contributed by atoms with E-state index in [2.05, 4.69) is 6.92 Å². The Kier molecular flexibility index (Phi) is 5.86. The normalized spacial score (nSPS) is 21.5. The Morgan fingerprint density at radius 3 is 2.65 bits per heavy atom. The van der Waals surface area contributed by atoms with Crippen LogP contribution < -0.4 is 4.74 Å². The number of aromatic hydroxyl groups is 1. The zero-order valence-corrected chi connectivity index (χ0v) is 17.9. The third kappa shape index (κ3) is 4.03. The predicted molar refractivity (Wildman–Crippen MR) is 111 cm³/mol. The number of carbonyl (C=O) groups excluding carboxylic acids is 2. The lowest BCUT2D eigenvalue weighted by Crippen LogP contribution is -2.39. The van der Waals surface area contributed by atoms with Gasteiger partial charge in [0.2, 0.25) is 0 Å². The summed E-state index contributed by atoms with van der Waals surface area (Å²) in [6, 6.07) is 3.42. The van der Waals surface area contributed by atoms with Crippen molar-refractivity contribution in [3.8, 4) is 11.5 Å². The number of halogens is 1. The van der Waals surface area contributed by atoms with Crippen molar-refractivity contribution in [2.75, 3.05) is 13.7 Å². The third-order valence-electron chi connectivity index (χ3n) is 5.04. The zero-order valence-electron chi connectivity index (χ0n) is 14.9. The van der Waals surface area contributed by atoms with Crippen LogP contribution in [0.5, 0.6) is 11.5 Å². The molecule has 2 fully saturated rings. The molecular formula is C19H22INO4S. The molecule has 0 unspecified atom stereocenters. The maximum atomic E-state index is 12.8. The highest BCUT2D eigenvalue weighted by molar-refractivity contribution is 14.1. The smallest absolute Gasteiger partial charge is 0.293 e. The number of nitrogens with zero attached hydrogens (tertiary/aromatic N) is 1. The number of hydrogen-bond donors (Lipinski definition) is 1. The van der Waals surface area contributed by atoms with Gasteiger partial charge in [-0.3, -0.25) is 14.5 Å². The van der Waals surface area contributed by atoms with E-state index in [0.717, 1.165) is 43.0 Å². The number of hydrogen-bond acceptors (Lipinski definition) is 5. The van der Waals surface area contributed by atoms with Crippen LogP contribution in [0.15, 0.2) is 17.0 Å². The maximum Gasteiger partial charge on any atom is 0.293 e. The van der Waals surface area contributed by atoms with Crippen molar-refractivity contribution in [1.29, 1.82) is 0 Å². The van der Waals surface area contributed by atoms with Crippen molar-refractivity contribution in [1.82, 2.24) is 4.90 Å². The van der Waals surface area contributed by atoms with Crippen molar-refractivity contribution in [3.63, 3.8) is 0 Å². The van der Waals surface area contributed by atoms with Crippen LogP contribution in [0.25, 0.3) is 6.08 Å². The molecule has 0 bridgehead atoms. The molecule has 0 aromatic heterocycles. The summed E-state index contributed by atoms with van der Waals surface area (Å²) in [4.78, 5) is 27.0. The topological polar surface area (TPSA) is 66.8 Å². The molecule has 1 aliphatic carbocycles. The number of benzene rings is 1.